The summed E-state index contributed by atoms with van der Waals surface area (Å²) in [5.41, 5.74) is 1.96. The SMILES string of the molecule is Cc1nn(C)c(C)c1C[C@@H](C)NC(=O)C1(C(=O)O)CC1. The van der Waals surface area contributed by atoms with Gasteiger partial charge in [-0.15, -0.1) is 0 Å². The normalized spacial score (nSPS) is 17.6. The maximum absolute atomic E-state index is 12.0. The quantitative estimate of drug-likeness (QED) is 0.786. The Morgan fingerprint density at radius 3 is 2.45 bits per heavy atom. The van der Waals surface area contributed by atoms with Crippen molar-refractivity contribution in [1.82, 2.24) is 15.1 Å². The third-order valence-corrected chi connectivity index (χ3v) is 4.14. The summed E-state index contributed by atoms with van der Waals surface area (Å²) in [6.45, 7) is 5.82. The van der Waals surface area contributed by atoms with Crippen molar-refractivity contribution in [2.24, 2.45) is 12.5 Å². The van der Waals surface area contributed by atoms with Crippen molar-refractivity contribution in [3.05, 3.63) is 17.0 Å². The molecule has 1 amide bonds. The molecule has 20 heavy (non-hydrogen) atoms. The first kappa shape index (κ1) is 14.6. The maximum atomic E-state index is 12.0. The molecule has 2 N–H and O–H groups in total. The maximum Gasteiger partial charge on any atom is 0.319 e. The van der Waals surface area contributed by atoms with E-state index in [1.807, 2.05) is 32.5 Å². The summed E-state index contributed by atoms with van der Waals surface area (Å²) in [5.74, 6) is -1.38. The average Bonchev–Trinajstić information content (AvgIpc) is 3.12. The molecule has 1 aliphatic rings. The van der Waals surface area contributed by atoms with Crippen LogP contribution in [0.2, 0.25) is 0 Å². The van der Waals surface area contributed by atoms with Gasteiger partial charge in [0, 0.05) is 18.8 Å². The first-order valence-corrected chi connectivity index (χ1v) is 6.81. The summed E-state index contributed by atoms with van der Waals surface area (Å²) in [7, 11) is 1.89. The van der Waals surface area contributed by atoms with Gasteiger partial charge in [0.2, 0.25) is 5.91 Å². The molecule has 0 aliphatic heterocycles. The van der Waals surface area contributed by atoms with Crippen molar-refractivity contribution in [3.63, 3.8) is 0 Å². The smallest absolute Gasteiger partial charge is 0.319 e. The van der Waals surface area contributed by atoms with Gasteiger partial charge < -0.3 is 10.4 Å². The predicted octanol–water partition coefficient (Wildman–Crippen LogP) is 0.949. The number of nitrogens with one attached hydrogen (secondary N) is 1. The Morgan fingerprint density at radius 1 is 1.45 bits per heavy atom. The molecule has 1 aliphatic carbocycles. The number of carbonyl (C=O) groups is 2. The highest BCUT2D eigenvalue weighted by molar-refractivity contribution is 6.04. The molecule has 0 saturated heterocycles. The first-order valence-electron chi connectivity index (χ1n) is 6.81. The zero-order valence-electron chi connectivity index (χ0n) is 12.4. The van der Waals surface area contributed by atoms with Crippen LogP contribution < -0.4 is 5.32 Å². The molecule has 1 heterocycles. The number of amides is 1. The second-order valence-corrected chi connectivity index (χ2v) is 5.74. The third-order valence-electron chi connectivity index (χ3n) is 4.14. The molecule has 6 nitrogen and oxygen atoms in total. The van der Waals surface area contributed by atoms with Crippen LogP contribution in [0.5, 0.6) is 0 Å². The number of rotatable bonds is 5. The van der Waals surface area contributed by atoms with Gasteiger partial charge in [0.1, 0.15) is 5.41 Å². The minimum absolute atomic E-state index is 0.110. The van der Waals surface area contributed by atoms with Crippen molar-refractivity contribution in [1.29, 1.82) is 0 Å². The highest BCUT2D eigenvalue weighted by Crippen LogP contribution is 2.46. The number of carboxylic acid groups (broad SMARTS) is 1. The van der Waals surface area contributed by atoms with E-state index in [0.717, 1.165) is 17.0 Å². The van der Waals surface area contributed by atoms with Crippen LogP contribution in [0.25, 0.3) is 0 Å². The monoisotopic (exact) mass is 279 g/mol. The Morgan fingerprint density at radius 2 is 2.05 bits per heavy atom. The lowest BCUT2D eigenvalue weighted by atomic mass is 10.0. The van der Waals surface area contributed by atoms with E-state index in [2.05, 4.69) is 10.4 Å². The number of carbonyl (C=O) groups excluding carboxylic acids is 1. The lowest BCUT2D eigenvalue weighted by molar-refractivity contribution is -0.149. The molecular formula is C14H21N3O3. The minimum atomic E-state index is -1.17. The number of aliphatic carboxylic acids is 1. The Balaban J connectivity index is 2.01. The topological polar surface area (TPSA) is 84.2 Å². The molecule has 2 rings (SSSR count). The van der Waals surface area contributed by atoms with E-state index in [-0.39, 0.29) is 11.9 Å². The second kappa shape index (κ2) is 4.92. The molecule has 1 aromatic rings. The largest absolute Gasteiger partial charge is 0.480 e. The fourth-order valence-corrected chi connectivity index (χ4v) is 2.50. The Hall–Kier alpha value is -1.85. The summed E-state index contributed by atoms with van der Waals surface area (Å²) < 4.78 is 1.82. The molecule has 0 spiro atoms. The van der Waals surface area contributed by atoms with Crippen LogP contribution in [-0.2, 0) is 23.1 Å². The lowest BCUT2D eigenvalue weighted by Gasteiger charge is -2.17. The third kappa shape index (κ3) is 2.42. The minimum Gasteiger partial charge on any atom is -0.480 e. The van der Waals surface area contributed by atoms with Crippen molar-refractivity contribution in [2.45, 2.75) is 46.1 Å². The van der Waals surface area contributed by atoms with Crippen LogP contribution >= 0.6 is 0 Å². The summed E-state index contributed by atoms with van der Waals surface area (Å²) in [6, 6.07) is -0.110. The zero-order chi connectivity index (χ0) is 15.1. The van der Waals surface area contributed by atoms with E-state index < -0.39 is 11.4 Å². The Kier molecular flexibility index (Phi) is 3.58. The summed E-state index contributed by atoms with van der Waals surface area (Å²) >= 11 is 0. The number of aromatic nitrogens is 2. The highest BCUT2D eigenvalue weighted by atomic mass is 16.4. The van der Waals surface area contributed by atoms with E-state index in [1.165, 1.54) is 0 Å². The van der Waals surface area contributed by atoms with E-state index in [1.54, 1.807) is 0 Å². The fraction of sp³-hybridized carbons (Fsp3) is 0.643. The molecule has 0 radical (unpaired) electrons. The highest BCUT2D eigenvalue weighted by Gasteiger charge is 2.57. The number of carboxylic acids is 1. The zero-order valence-corrected chi connectivity index (χ0v) is 12.4. The van der Waals surface area contributed by atoms with E-state index in [9.17, 15) is 9.59 Å². The summed E-state index contributed by atoms with van der Waals surface area (Å²) in [5, 5.41) is 16.3. The Labute approximate surface area is 118 Å². The van der Waals surface area contributed by atoms with Gasteiger partial charge in [-0.05, 0) is 45.6 Å². The van der Waals surface area contributed by atoms with Crippen molar-refractivity contribution < 1.29 is 14.7 Å². The van der Waals surface area contributed by atoms with E-state index >= 15 is 0 Å². The summed E-state index contributed by atoms with van der Waals surface area (Å²) in [6.07, 6.45) is 1.53. The van der Waals surface area contributed by atoms with Crippen LogP contribution in [0.3, 0.4) is 0 Å². The molecule has 110 valence electrons. The van der Waals surface area contributed by atoms with E-state index in [4.69, 9.17) is 5.11 Å². The van der Waals surface area contributed by atoms with Gasteiger partial charge >= 0.3 is 5.97 Å². The van der Waals surface area contributed by atoms with Gasteiger partial charge in [0.25, 0.3) is 0 Å². The van der Waals surface area contributed by atoms with Crippen LogP contribution in [0, 0.1) is 19.3 Å². The molecular weight excluding hydrogens is 258 g/mol. The molecule has 0 aromatic carbocycles. The molecule has 1 saturated carbocycles. The fourth-order valence-electron chi connectivity index (χ4n) is 2.50. The predicted molar refractivity (Wildman–Crippen MR) is 73.3 cm³/mol. The van der Waals surface area contributed by atoms with Gasteiger partial charge in [-0.3, -0.25) is 14.3 Å². The first-order chi connectivity index (χ1) is 9.28. The number of hydrogen-bond acceptors (Lipinski definition) is 3. The molecule has 0 unspecified atom stereocenters. The Bertz CT molecular complexity index is 558. The molecule has 1 aromatic heterocycles. The second-order valence-electron chi connectivity index (χ2n) is 5.74. The van der Waals surface area contributed by atoms with Gasteiger partial charge in [-0.1, -0.05) is 0 Å². The van der Waals surface area contributed by atoms with Gasteiger partial charge in [-0.25, -0.2) is 0 Å². The van der Waals surface area contributed by atoms with E-state index in [0.29, 0.717) is 19.3 Å². The number of hydrogen-bond donors (Lipinski definition) is 2. The van der Waals surface area contributed by atoms with Gasteiger partial charge in [0.15, 0.2) is 0 Å². The van der Waals surface area contributed by atoms with Crippen LogP contribution in [0.4, 0.5) is 0 Å². The van der Waals surface area contributed by atoms with Crippen LogP contribution in [-0.4, -0.2) is 32.8 Å². The van der Waals surface area contributed by atoms with Gasteiger partial charge in [0.05, 0.1) is 5.69 Å². The van der Waals surface area contributed by atoms with Crippen molar-refractivity contribution >= 4 is 11.9 Å². The molecule has 1 atom stereocenters. The number of aryl methyl sites for hydroxylation is 2. The average molecular weight is 279 g/mol. The molecule has 6 heteroatoms. The summed E-state index contributed by atoms with van der Waals surface area (Å²) in [4.78, 5) is 23.1. The molecule has 1 fully saturated rings. The number of nitrogens with zero attached hydrogens (tertiary/aromatic N) is 2. The van der Waals surface area contributed by atoms with Crippen molar-refractivity contribution in [2.75, 3.05) is 0 Å². The van der Waals surface area contributed by atoms with Crippen molar-refractivity contribution in [3.8, 4) is 0 Å². The van der Waals surface area contributed by atoms with Crippen LogP contribution in [0.15, 0.2) is 0 Å². The lowest BCUT2D eigenvalue weighted by Crippen LogP contribution is -2.42. The van der Waals surface area contributed by atoms with Gasteiger partial charge in [-0.2, -0.15) is 5.10 Å². The van der Waals surface area contributed by atoms with Crippen LogP contribution in [0.1, 0.15) is 36.7 Å². The standard InChI is InChI=1S/C14H21N3O3/c1-8(7-11-9(2)16-17(4)10(11)3)15-12(18)14(5-6-14)13(19)20/h8H,5-7H2,1-4H3,(H,15,18)(H,19,20)/t8-/m1/s1. The molecule has 0 bridgehead atoms.